The first kappa shape index (κ1) is 14.6. The summed E-state index contributed by atoms with van der Waals surface area (Å²) >= 11 is 0. The van der Waals surface area contributed by atoms with Gasteiger partial charge in [-0.3, -0.25) is 4.90 Å². The summed E-state index contributed by atoms with van der Waals surface area (Å²) < 4.78 is 5.44. The second-order valence-corrected chi connectivity index (χ2v) is 6.73. The highest BCUT2D eigenvalue weighted by molar-refractivity contribution is 5.35. The molecular weight excluding hydrogens is 290 g/mol. The van der Waals surface area contributed by atoms with Gasteiger partial charge in [-0.15, -0.1) is 0 Å². The van der Waals surface area contributed by atoms with Gasteiger partial charge in [-0.25, -0.2) is 9.97 Å². The predicted octanol–water partition coefficient (Wildman–Crippen LogP) is 2.73. The number of hydrogen-bond acceptors (Lipinski definition) is 6. The fraction of sp³-hybridized carbons (Fsp3) is 0.588. The highest BCUT2D eigenvalue weighted by atomic mass is 16.5. The highest BCUT2D eigenvalue weighted by Crippen LogP contribution is 2.40. The summed E-state index contributed by atoms with van der Waals surface area (Å²) in [6, 6.07) is 4.63. The number of nitrogens with zero attached hydrogens (tertiary/aromatic N) is 4. The molecule has 23 heavy (non-hydrogen) atoms. The summed E-state index contributed by atoms with van der Waals surface area (Å²) in [6.45, 7) is 5.04. The van der Waals surface area contributed by atoms with Crippen molar-refractivity contribution in [3.8, 4) is 0 Å². The molecule has 1 aliphatic carbocycles. The highest BCUT2D eigenvalue weighted by Gasteiger charge is 2.28. The van der Waals surface area contributed by atoms with Gasteiger partial charge < -0.3 is 9.84 Å². The zero-order chi connectivity index (χ0) is 15.6. The first-order valence-corrected chi connectivity index (χ1v) is 8.49. The third kappa shape index (κ3) is 3.69. The molecule has 122 valence electrons. The first-order valence-electron chi connectivity index (χ1n) is 8.49. The van der Waals surface area contributed by atoms with Gasteiger partial charge in [-0.05, 0) is 32.6 Å². The van der Waals surface area contributed by atoms with Crippen molar-refractivity contribution in [2.75, 3.05) is 18.4 Å². The number of piperidine rings is 1. The number of nitrogens with one attached hydrogen (secondary N) is 1. The molecule has 2 aliphatic rings. The van der Waals surface area contributed by atoms with Crippen LogP contribution < -0.4 is 5.32 Å². The second kappa shape index (κ2) is 6.28. The largest absolute Gasteiger partial charge is 0.367 e. The number of hydrogen-bond donors (Lipinski definition) is 1. The maximum absolute atomic E-state index is 5.44. The quantitative estimate of drug-likeness (QED) is 0.915. The first-order chi connectivity index (χ1) is 11.3. The molecule has 4 rings (SSSR count). The molecule has 6 heteroatoms. The standard InChI is InChI=1S/C17H23N5O/c1-12-8-17(19-11-18-12)20-14-4-6-22(7-5-14)10-15-9-16(23-21-15)13-2-3-13/h8-9,11,13-14H,2-7,10H2,1H3,(H,18,19,20). The van der Waals surface area contributed by atoms with Gasteiger partial charge >= 0.3 is 0 Å². The Hall–Kier alpha value is -1.95. The Balaban J connectivity index is 1.26. The van der Waals surface area contributed by atoms with Crippen LogP contribution in [0.1, 0.15) is 48.7 Å². The van der Waals surface area contributed by atoms with Gasteiger partial charge in [-0.2, -0.15) is 0 Å². The molecule has 1 aliphatic heterocycles. The Labute approximate surface area is 136 Å². The Morgan fingerprint density at radius 3 is 2.74 bits per heavy atom. The van der Waals surface area contributed by atoms with Crippen molar-refractivity contribution >= 4 is 5.82 Å². The molecule has 1 saturated carbocycles. The molecule has 3 heterocycles. The molecule has 0 aromatic carbocycles. The van der Waals surface area contributed by atoms with Crippen molar-refractivity contribution < 1.29 is 4.52 Å². The van der Waals surface area contributed by atoms with E-state index >= 15 is 0 Å². The molecule has 0 spiro atoms. The smallest absolute Gasteiger partial charge is 0.140 e. The normalized spacial score (nSPS) is 19.9. The number of rotatable bonds is 5. The third-order valence-electron chi connectivity index (χ3n) is 4.69. The van der Waals surface area contributed by atoms with Crippen LogP contribution in [-0.2, 0) is 6.54 Å². The minimum absolute atomic E-state index is 0.486. The van der Waals surface area contributed by atoms with Crippen molar-refractivity contribution in [3.63, 3.8) is 0 Å². The average Bonchev–Trinajstić information content (AvgIpc) is 3.30. The van der Waals surface area contributed by atoms with E-state index in [4.69, 9.17) is 4.52 Å². The average molecular weight is 313 g/mol. The van der Waals surface area contributed by atoms with E-state index in [1.54, 1.807) is 6.33 Å². The van der Waals surface area contributed by atoms with Gasteiger partial charge in [-0.1, -0.05) is 5.16 Å². The SMILES string of the molecule is Cc1cc(NC2CCN(Cc3cc(C4CC4)on3)CC2)ncn1. The zero-order valence-corrected chi connectivity index (χ0v) is 13.5. The molecule has 0 atom stereocenters. The van der Waals surface area contributed by atoms with E-state index in [2.05, 4.69) is 31.4 Å². The predicted molar refractivity (Wildman–Crippen MR) is 87.2 cm³/mol. The van der Waals surface area contributed by atoms with E-state index in [-0.39, 0.29) is 0 Å². The third-order valence-corrected chi connectivity index (χ3v) is 4.69. The van der Waals surface area contributed by atoms with Crippen LogP contribution in [0.2, 0.25) is 0 Å². The van der Waals surface area contributed by atoms with Crippen molar-refractivity contribution in [2.45, 2.75) is 51.1 Å². The Kier molecular flexibility index (Phi) is 3.99. The van der Waals surface area contributed by atoms with Crippen molar-refractivity contribution in [1.82, 2.24) is 20.0 Å². The molecule has 0 amide bonds. The van der Waals surface area contributed by atoms with E-state index in [0.29, 0.717) is 12.0 Å². The summed E-state index contributed by atoms with van der Waals surface area (Å²) in [6.07, 6.45) is 6.38. The fourth-order valence-electron chi connectivity index (χ4n) is 3.17. The molecular formula is C17H23N5O. The van der Waals surface area contributed by atoms with E-state index in [1.165, 1.54) is 12.8 Å². The minimum Gasteiger partial charge on any atom is -0.367 e. The Morgan fingerprint density at radius 2 is 2.00 bits per heavy atom. The van der Waals surface area contributed by atoms with Gasteiger partial charge in [0.25, 0.3) is 0 Å². The molecule has 6 nitrogen and oxygen atoms in total. The van der Waals surface area contributed by atoms with Gasteiger partial charge in [0.1, 0.15) is 17.9 Å². The lowest BCUT2D eigenvalue weighted by atomic mass is 10.0. The minimum atomic E-state index is 0.486. The summed E-state index contributed by atoms with van der Waals surface area (Å²) in [5.41, 5.74) is 2.07. The number of aromatic nitrogens is 3. The van der Waals surface area contributed by atoms with Crippen molar-refractivity contribution in [3.05, 3.63) is 35.6 Å². The van der Waals surface area contributed by atoms with E-state index in [9.17, 15) is 0 Å². The van der Waals surface area contributed by atoms with Crippen molar-refractivity contribution in [1.29, 1.82) is 0 Å². The maximum atomic E-state index is 5.44. The van der Waals surface area contributed by atoms with Gasteiger partial charge in [0.15, 0.2) is 0 Å². The number of aryl methyl sites for hydroxylation is 1. The van der Waals surface area contributed by atoms with Crippen LogP contribution in [0.3, 0.4) is 0 Å². The molecule has 2 aromatic rings. The van der Waals surface area contributed by atoms with Crippen LogP contribution in [0, 0.1) is 6.92 Å². The number of anilines is 1. The van der Waals surface area contributed by atoms with E-state index < -0.39 is 0 Å². The number of likely N-dealkylation sites (tertiary alicyclic amines) is 1. The van der Waals surface area contributed by atoms with Gasteiger partial charge in [0, 0.05) is 49.4 Å². The van der Waals surface area contributed by atoms with Crippen LogP contribution >= 0.6 is 0 Å². The van der Waals surface area contributed by atoms with Gasteiger partial charge in [0.05, 0.1) is 5.69 Å². The summed E-state index contributed by atoms with van der Waals surface area (Å²) in [7, 11) is 0. The molecule has 2 aromatic heterocycles. The zero-order valence-electron chi connectivity index (χ0n) is 13.5. The van der Waals surface area contributed by atoms with Crippen LogP contribution in [0.25, 0.3) is 0 Å². The fourth-order valence-corrected chi connectivity index (χ4v) is 3.17. The second-order valence-electron chi connectivity index (χ2n) is 6.73. The molecule has 1 N–H and O–H groups in total. The van der Waals surface area contributed by atoms with Crippen LogP contribution in [0.15, 0.2) is 23.0 Å². The van der Waals surface area contributed by atoms with E-state index in [0.717, 1.165) is 55.4 Å². The molecule has 0 bridgehead atoms. The maximum Gasteiger partial charge on any atom is 0.140 e. The van der Waals surface area contributed by atoms with E-state index in [1.807, 2.05) is 13.0 Å². The Morgan fingerprint density at radius 1 is 1.17 bits per heavy atom. The summed E-state index contributed by atoms with van der Waals surface area (Å²) in [5.74, 6) is 2.65. The van der Waals surface area contributed by atoms with Crippen LogP contribution in [-0.4, -0.2) is 39.2 Å². The molecule has 0 unspecified atom stereocenters. The van der Waals surface area contributed by atoms with Crippen LogP contribution in [0.5, 0.6) is 0 Å². The van der Waals surface area contributed by atoms with Gasteiger partial charge in [0.2, 0.25) is 0 Å². The van der Waals surface area contributed by atoms with Crippen molar-refractivity contribution in [2.24, 2.45) is 0 Å². The molecule has 0 radical (unpaired) electrons. The summed E-state index contributed by atoms with van der Waals surface area (Å²) in [4.78, 5) is 10.9. The monoisotopic (exact) mass is 313 g/mol. The molecule has 2 fully saturated rings. The van der Waals surface area contributed by atoms with Crippen LogP contribution in [0.4, 0.5) is 5.82 Å². The topological polar surface area (TPSA) is 67.1 Å². The lowest BCUT2D eigenvalue weighted by molar-refractivity contribution is 0.205. The lowest BCUT2D eigenvalue weighted by Crippen LogP contribution is -2.38. The lowest BCUT2D eigenvalue weighted by Gasteiger charge is -2.32. The molecule has 1 saturated heterocycles. The Bertz CT molecular complexity index is 659. The summed E-state index contributed by atoms with van der Waals surface area (Å²) in [5, 5.41) is 7.74.